The molecule has 0 amide bonds. The number of nitrogens with one attached hydrogen (secondary N) is 1. The molecule has 2 aliphatic rings. The fourth-order valence-corrected chi connectivity index (χ4v) is 4.80. The van der Waals surface area contributed by atoms with E-state index in [-0.39, 0.29) is 0 Å². The maximum atomic E-state index is 3.79. The highest BCUT2D eigenvalue weighted by molar-refractivity contribution is 7.10. The molecule has 1 aromatic heterocycles. The zero-order chi connectivity index (χ0) is 15.0. The van der Waals surface area contributed by atoms with Crippen molar-refractivity contribution in [2.24, 2.45) is 17.3 Å². The average Bonchev–Trinajstić information content (AvgIpc) is 3.16. The van der Waals surface area contributed by atoms with Gasteiger partial charge in [0, 0.05) is 10.9 Å². The Hall–Kier alpha value is -0.340. The highest BCUT2D eigenvalue weighted by Crippen LogP contribution is 2.48. The van der Waals surface area contributed by atoms with E-state index in [2.05, 4.69) is 44.5 Å². The highest BCUT2D eigenvalue weighted by Gasteiger charge is 2.37. The number of rotatable bonds is 4. The van der Waals surface area contributed by atoms with Gasteiger partial charge in [-0.2, -0.15) is 0 Å². The SMILES string of the molecule is Cc1sccc1C1CC(C(C)(C)C)CCC1CNC1CC1. The first-order valence-corrected chi connectivity index (χ1v) is 9.60. The molecule has 0 saturated heterocycles. The van der Waals surface area contributed by atoms with Gasteiger partial charge in [-0.05, 0) is 85.8 Å². The minimum Gasteiger partial charge on any atom is -0.314 e. The first kappa shape index (κ1) is 15.6. The van der Waals surface area contributed by atoms with Gasteiger partial charge in [-0.3, -0.25) is 0 Å². The van der Waals surface area contributed by atoms with Crippen LogP contribution < -0.4 is 5.32 Å². The van der Waals surface area contributed by atoms with Crippen LogP contribution in [-0.2, 0) is 0 Å². The van der Waals surface area contributed by atoms with Crippen LogP contribution in [0.4, 0.5) is 0 Å². The van der Waals surface area contributed by atoms with Crippen molar-refractivity contribution >= 4 is 11.3 Å². The van der Waals surface area contributed by atoms with Gasteiger partial charge in [0.2, 0.25) is 0 Å². The smallest absolute Gasteiger partial charge is 0.00683 e. The molecule has 2 fully saturated rings. The summed E-state index contributed by atoms with van der Waals surface area (Å²) in [6, 6.07) is 3.24. The van der Waals surface area contributed by atoms with E-state index in [4.69, 9.17) is 0 Å². The molecule has 2 saturated carbocycles. The van der Waals surface area contributed by atoms with Crippen LogP contribution in [0.5, 0.6) is 0 Å². The number of hydrogen-bond acceptors (Lipinski definition) is 2. The van der Waals surface area contributed by atoms with Crippen LogP contribution >= 0.6 is 11.3 Å². The van der Waals surface area contributed by atoms with E-state index in [0.717, 1.165) is 23.8 Å². The maximum absolute atomic E-state index is 3.79. The van der Waals surface area contributed by atoms with Crippen LogP contribution in [0, 0.1) is 24.2 Å². The molecule has 3 rings (SSSR count). The van der Waals surface area contributed by atoms with Crippen LogP contribution in [0.25, 0.3) is 0 Å². The van der Waals surface area contributed by atoms with Crippen molar-refractivity contribution < 1.29 is 0 Å². The lowest BCUT2D eigenvalue weighted by Crippen LogP contribution is -2.36. The highest BCUT2D eigenvalue weighted by atomic mass is 32.1. The van der Waals surface area contributed by atoms with Crippen LogP contribution in [0.15, 0.2) is 11.4 Å². The summed E-state index contributed by atoms with van der Waals surface area (Å²) in [5.41, 5.74) is 2.11. The Balaban J connectivity index is 1.74. The molecule has 1 nitrogen and oxygen atoms in total. The van der Waals surface area contributed by atoms with Gasteiger partial charge in [-0.25, -0.2) is 0 Å². The first-order valence-electron chi connectivity index (χ1n) is 8.72. The second-order valence-electron chi connectivity index (χ2n) is 8.36. The van der Waals surface area contributed by atoms with Crippen molar-refractivity contribution in [3.05, 3.63) is 21.9 Å². The molecule has 1 aromatic rings. The Morgan fingerprint density at radius 1 is 1.19 bits per heavy atom. The Kier molecular flexibility index (Phi) is 4.47. The van der Waals surface area contributed by atoms with Gasteiger partial charge >= 0.3 is 0 Å². The molecule has 21 heavy (non-hydrogen) atoms. The van der Waals surface area contributed by atoms with Gasteiger partial charge in [-0.1, -0.05) is 20.8 Å². The molecular weight excluding hydrogens is 274 g/mol. The second-order valence-corrected chi connectivity index (χ2v) is 9.48. The quantitative estimate of drug-likeness (QED) is 0.790. The van der Waals surface area contributed by atoms with Crippen molar-refractivity contribution in [2.45, 2.75) is 71.8 Å². The lowest BCUT2D eigenvalue weighted by Gasteiger charge is -2.42. The van der Waals surface area contributed by atoms with E-state index in [1.165, 1.54) is 38.6 Å². The number of aryl methyl sites for hydroxylation is 1. The van der Waals surface area contributed by atoms with Crippen molar-refractivity contribution in [3.63, 3.8) is 0 Å². The topological polar surface area (TPSA) is 12.0 Å². The summed E-state index contributed by atoms with van der Waals surface area (Å²) in [5.74, 6) is 2.50. The Labute approximate surface area is 134 Å². The number of hydrogen-bond donors (Lipinski definition) is 1. The molecule has 2 heteroatoms. The van der Waals surface area contributed by atoms with Gasteiger partial charge < -0.3 is 5.32 Å². The molecule has 2 aliphatic carbocycles. The molecule has 3 atom stereocenters. The minimum atomic E-state index is 0.455. The Bertz CT molecular complexity index is 466. The minimum absolute atomic E-state index is 0.455. The summed E-state index contributed by atoms with van der Waals surface area (Å²) in [4.78, 5) is 1.55. The van der Waals surface area contributed by atoms with Crippen molar-refractivity contribution in [2.75, 3.05) is 6.54 Å². The molecular formula is C19H31NS. The summed E-state index contributed by atoms with van der Waals surface area (Å²) in [5, 5.41) is 6.08. The predicted octanol–water partition coefficient (Wildman–Crippen LogP) is 5.35. The van der Waals surface area contributed by atoms with E-state index >= 15 is 0 Å². The lowest BCUT2D eigenvalue weighted by molar-refractivity contribution is 0.129. The van der Waals surface area contributed by atoms with Gasteiger partial charge in [0.15, 0.2) is 0 Å². The molecule has 1 heterocycles. The summed E-state index contributed by atoms with van der Waals surface area (Å²) in [7, 11) is 0. The zero-order valence-corrected chi connectivity index (χ0v) is 14.9. The maximum Gasteiger partial charge on any atom is 0.00683 e. The molecule has 3 unspecified atom stereocenters. The Morgan fingerprint density at radius 3 is 2.52 bits per heavy atom. The fraction of sp³-hybridized carbons (Fsp3) is 0.789. The second kappa shape index (κ2) is 6.04. The molecule has 0 radical (unpaired) electrons. The largest absolute Gasteiger partial charge is 0.314 e. The third kappa shape index (κ3) is 3.71. The zero-order valence-electron chi connectivity index (χ0n) is 14.1. The van der Waals surface area contributed by atoms with Gasteiger partial charge in [0.1, 0.15) is 0 Å². The summed E-state index contributed by atoms with van der Waals surface area (Å²) >= 11 is 1.93. The van der Waals surface area contributed by atoms with Crippen LogP contribution in [0.1, 0.15) is 69.2 Å². The summed E-state index contributed by atoms with van der Waals surface area (Å²) in [6.45, 7) is 10.8. The standard InChI is InChI=1S/C19H31NS/c1-13-17(9-10-21-13)18-11-15(19(2,3)4)6-5-14(18)12-20-16-7-8-16/h9-10,14-16,18,20H,5-8,11-12H2,1-4H3. The molecule has 1 N–H and O–H groups in total. The first-order chi connectivity index (χ1) is 9.95. The van der Waals surface area contributed by atoms with E-state index in [1.807, 2.05) is 11.3 Å². The van der Waals surface area contributed by atoms with Gasteiger partial charge in [0.05, 0.1) is 0 Å². The van der Waals surface area contributed by atoms with Gasteiger partial charge in [-0.15, -0.1) is 11.3 Å². The Morgan fingerprint density at radius 2 is 1.95 bits per heavy atom. The molecule has 0 spiro atoms. The number of thiophene rings is 1. The van der Waals surface area contributed by atoms with Gasteiger partial charge in [0.25, 0.3) is 0 Å². The van der Waals surface area contributed by atoms with E-state index < -0.39 is 0 Å². The summed E-state index contributed by atoms with van der Waals surface area (Å²) < 4.78 is 0. The predicted molar refractivity (Wildman–Crippen MR) is 93.1 cm³/mol. The van der Waals surface area contributed by atoms with Crippen molar-refractivity contribution in [1.82, 2.24) is 5.32 Å². The van der Waals surface area contributed by atoms with E-state index in [0.29, 0.717) is 5.41 Å². The molecule has 118 valence electrons. The van der Waals surface area contributed by atoms with Crippen LogP contribution in [0.2, 0.25) is 0 Å². The molecule has 0 aromatic carbocycles. The lowest BCUT2D eigenvalue weighted by atomic mass is 9.64. The molecule has 0 bridgehead atoms. The third-order valence-electron chi connectivity index (χ3n) is 5.76. The summed E-state index contributed by atoms with van der Waals surface area (Å²) in [6.07, 6.45) is 7.01. The third-order valence-corrected chi connectivity index (χ3v) is 6.62. The van der Waals surface area contributed by atoms with Crippen LogP contribution in [-0.4, -0.2) is 12.6 Å². The van der Waals surface area contributed by atoms with E-state index in [9.17, 15) is 0 Å². The normalized spacial score (nSPS) is 30.6. The average molecular weight is 306 g/mol. The van der Waals surface area contributed by atoms with Crippen molar-refractivity contribution in [3.8, 4) is 0 Å². The van der Waals surface area contributed by atoms with E-state index in [1.54, 1.807) is 10.4 Å². The van der Waals surface area contributed by atoms with Crippen molar-refractivity contribution in [1.29, 1.82) is 0 Å². The fourth-order valence-electron chi connectivity index (χ4n) is 4.03. The van der Waals surface area contributed by atoms with Crippen LogP contribution in [0.3, 0.4) is 0 Å². The monoisotopic (exact) mass is 305 g/mol. The molecule has 0 aliphatic heterocycles.